The molecule has 0 fully saturated rings. The largest absolute Gasteiger partial charge is 0.387 e. The zero-order valence-electron chi connectivity index (χ0n) is 12.5. The van der Waals surface area contributed by atoms with Crippen molar-refractivity contribution in [2.75, 3.05) is 26.3 Å². The van der Waals surface area contributed by atoms with E-state index in [0.717, 1.165) is 39.0 Å². The zero-order valence-corrected chi connectivity index (χ0v) is 12.5. The highest BCUT2D eigenvalue weighted by Crippen LogP contribution is 2.17. The number of rotatable bonds is 11. The van der Waals surface area contributed by atoms with E-state index in [0.29, 0.717) is 12.1 Å². The summed E-state index contributed by atoms with van der Waals surface area (Å²) >= 11 is 0. The average Bonchev–Trinajstić information content (AvgIpc) is 2.49. The Labute approximate surface area is 125 Å². The fourth-order valence-corrected chi connectivity index (χ4v) is 1.82. The third kappa shape index (κ3) is 7.17. The van der Waals surface area contributed by atoms with Crippen molar-refractivity contribution in [3.8, 4) is 0 Å². The van der Waals surface area contributed by atoms with E-state index in [1.807, 2.05) is 0 Å². The molecule has 21 heavy (non-hydrogen) atoms. The van der Waals surface area contributed by atoms with Gasteiger partial charge in [-0.2, -0.15) is 0 Å². The first kappa shape index (κ1) is 17.6. The maximum absolute atomic E-state index is 10.5. The Bertz CT molecular complexity index is 409. The molecule has 0 aliphatic rings. The molecular formula is C15H24N2O4. The molecule has 6 heteroatoms. The average molecular weight is 296 g/mol. The van der Waals surface area contributed by atoms with Gasteiger partial charge in [0.05, 0.1) is 11.0 Å². The summed E-state index contributed by atoms with van der Waals surface area (Å²) < 4.78 is 5.43. The monoisotopic (exact) mass is 296 g/mol. The third-order valence-corrected chi connectivity index (χ3v) is 3.11. The van der Waals surface area contributed by atoms with Crippen LogP contribution in [0.5, 0.6) is 0 Å². The molecule has 0 spiro atoms. The molecule has 0 bridgehead atoms. The number of hydrogen-bond donors (Lipinski definition) is 2. The predicted octanol–water partition coefficient (Wildman–Crippen LogP) is 2.42. The molecule has 1 unspecified atom stereocenters. The van der Waals surface area contributed by atoms with Gasteiger partial charge in [0.15, 0.2) is 0 Å². The van der Waals surface area contributed by atoms with Crippen LogP contribution < -0.4 is 5.32 Å². The van der Waals surface area contributed by atoms with Crippen molar-refractivity contribution in [1.29, 1.82) is 0 Å². The summed E-state index contributed by atoms with van der Waals surface area (Å²) in [7, 11) is 0. The molecule has 0 heterocycles. The minimum Gasteiger partial charge on any atom is -0.387 e. The summed E-state index contributed by atoms with van der Waals surface area (Å²) in [6, 6.07) is 5.97. The Morgan fingerprint density at radius 3 is 2.57 bits per heavy atom. The predicted molar refractivity (Wildman–Crippen MR) is 81.3 cm³/mol. The van der Waals surface area contributed by atoms with Crippen molar-refractivity contribution in [2.24, 2.45) is 0 Å². The van der Waals surface area contributed by atoms with Gasteiger partial charge in [-0.3, -0.25) is 10.1 Å². The maximum atomic E-state index is 10.5. The smallest absolute Gasteiger partial charge is 0.269 e. The normalized spacial score (nSPS) is 12.3. The van der Waals surface area contributed by atoms with Gasteiger partial charge in [-0.1, -0.05) is 13.3 Å². The van der Waals surface area contributed by atoms with Crippen LogP contribution in [0.25, 0.3) is 0 Å². The molecule has 118 valence electrons. The summed E-state index contributed by atoms with van der Waals surface area (Å²) in [4.78, 5) is 10.1. The van der Waals surface area contributed by atoms with Crippen LogP contribution in [-0.4, -0.2) is 36.3 Å². The third-order valence-electron chi connectivity index (χ3n) is 3.11. The molecule has 0 radical (unpaired) electrons. The first-order chi connectivity index (χ1) is 10.1. The lowest BCUT2D eigenvalue weighted by atomic mass is 10.1. The number of unbranched alkanes of at least 4 members (excludes halogenated alkanes) is 1. The van der Waals surface area contributed by atoms with E-state index in [4.69, 9.17) is 4.74 Å². The number of ether oxygens (including phenoxy) is 1. The van der Waals surface area contributed by atoms with Crippen LogP contribution >= 0.6 is 0 Å². The Morgan fingerprint density at radius 1 is 1.29 bits per heavy atom. The van der Waals surface area contributed by atoms with Crippen LogP contribution in [0.15, 0.2) is 24.3 Å². The highest BCUT2D eigenvalue weighted by Gasteiger charge is 2.09. The Hall–Kier alpha value is -1.50. The molecule has 0 aromatic heterocycles. The van der Waals surface area contributed by atoms with E-state index in [2.05, 4.69) is 12.2 Å². The van der Waals surface area contributed by atoms with E-state index in [9.17, 15) is 15.2 Å². The number of nitrogens with zero attached hydrogens (tertiary/aromatic N) is 1. The lowest BCUT2D eigenvalue weighted by Crippen LogP contribution is -2.23. The van der Waals surface area contributed by atoms with Crippen LogP contribution in [0.2, 0.25) is 0 Å². The number of nitro benzene ring substituents is 1. The topological polar surface area (TPSA) is 84.6 Å². The van der Waals surface area contributed by atoms with Gasteiger partial charge in [-0.25, -0.2) is 0 Å². The first-order valence-corrected chi connectivity index (χ1v) is 7.36. The zero-order chi connectivity index (χ0) is 15.5. The van der Waals surface area contributed by atoms with Crippen molar-refractivity contribution in [3.05, 3.63) is 39.9 Å². The fraction of sp³-hybridized carbons (Fsp3) is 0.600. The van der Waals surface area contributed by atoms with Crippen molar-refractivity contribution >= 4 is 5.69 Å². The maximum Gasteiger partial charge on any atom is 0.269 e. The Morgan fingerprint density at radius 2 is 1.95 bits per heavy atom. The van der Waals surface area contributed by atoms with Gasteiger partial charge in [0, 0.05) is 31.9 Å². The SMILES string of the molecule is CCCCOCCCNCC(O)c1ccc([N+](=O)[O-])cc1. The highest BCUT2D eigenvalue weighted by atomic mass is 16.6. The fourth-order valence-electron chi connectivity index (χ4n) is 1.82. The molecule has 1 aromatic carbocycles. The summed E-state index contributed by atoms with van der Waals surface area (Å²) in [5, 5.41) is 23.6. The summed E-state index contributed by atoms with van der Waals surface area (Å²) in [6.07, 6.45) is 2.47. The van der Waals surface area contributed by atoms with Crippen LogP contribution in [0.4, 0.5) is 5.69 Å². The second kappa shape index (κ2) is 10.3. The van der Waals surface area contributed by atoms with Crippen molar-refractivity contribution in [2.45, 2.75) is 32.3 Å². The molecule has 1 atom stereocenters. The Balaban J connectivity index is 2.15. The number of non-ortho nitro benzene ring substituents is 1. The van der Waals surface area contributed by atoms with Crippen molar-refractivity contribution in [3.63, 3.8) is 0 Å². The molecule has 6 nitrogen and oxygen atoms in total. The molecule has 1 aromatic rings. The van der Waals surface area contributed by atoms with Gasteiger partial charge in [-0.05, 0) is 37.1 Å². The van der Waals surface area contributed by atoms with Gasteiger partial charge < -0.3 is 15.2 Å². The number of nitrogens with one attached hydrogen (secondary N) is 1. The van der Waals surface area contributed by atoms with Gasteiger partial charge in [0.1, 0.15) is 0 Å². The second-order valence-corrected chi connectivity index (χ2v) is 4.89. The van der Waals surface area contributed by atoms with Crippen LogP contribution in [-0.2, 0) is 4.74 Å². The minimum atomic E-state index is -0.660. The van der Waals surface area contributed by atoms with Crippen LogP contribution in [0.1, 0.15) is 37.9 Å². The number of aliphatic hydroxyl groups excluding tert-OH is 1. The quantitative estimate of drug-likeness (QED) is 0.372. The van der Waals surface area contributed by atoms with Crippen molar-refractivity contribution in [1.82, 2.24) is 5.32 Å². The van der Waals surface area contributed by atoms with E-state index in [-0.39, 0.29) is 5.69 Å². The number of aliphatic hydroxyl groups is 1. The van der Waals surface area contributed by atoms with Gasteiger partial charge in [0.2, 0.25) is 0 Å². The molecule has 0 aliphatic carbocycles. The van der Waals surface area contributed by atoms with Gasteiger partial charge in [0.25, 0.3) is 5.69 Å². The molecule has 0 aliphatic heterocycles. The number of benzene rings is 1. The van der Waals surface area contributed by atoms with Crippen LogP contribution in [0.3, 0.4) is 0 Å². The van der Waals surface area contributed by atoms with Crippen molar-refractivity contribution < 1.29 is 14.8 Å². The summed E-state index contributed by atoms with van der Waals surface area (Å²) in [5.41, 5.74) is 0.704. The second-order valence-electron chi connectivity index (χ2n) is 4.89. The number of nitro groups is 1. The lowest BCUT2D eigenvalue weighted by molar-refractivity contribution is -0.384. The molecule has 1 rings (SSSR count). The summed E-state index contributed by atoms with van der Waals surface area (Å²) in [5.74, 6) is 0. The van der Waals surface area contributed by atoms with E-state index in [1.165, 1.54) is 12.1 Å². The minimum absolute atomic E-state index is 0.0307. The van der Waals surface area contributed by atoms with Crippen LogP contribution in [0, 0.1) is 10.1 Å². The number of hydrogen-bond acceptors (Lipinski definition) is 5. The van der Waals surface area contributed by atoms with Gasteiger partial charge in [-0.15, -0.1) is 0 Å². The first-order valence-electron chi connectivity index (χ1n) is 7.36. The molecule has 0 saturated heterocycles. The lowest BCUT2D eigenvalue weighted by Gasteiger charge is -2.12. The standard InChI is InChI=1S/C15H24N2O4/c1-2-3-10-21-11-4-9-16-12-15(18)13-5-7-14(8-6-13)17(19)20/h5-8,15-16,18H,2-4,9-12H2,1H3. The highest BCUT2D eigenvalue weighted by molar-refractivity contribution is 5.33. The van der Waals surface area contributed by atoms with E-state index in [1.54, 1.807) is 12.1 Å². The Kier molecular flexibility index (Phi) is 8.57. The molecule has 2 N–H and O–H groups in total. The van der Waals surface area contributed by atoms with E-state index >= 15 is 0 Å². The molecule has 0 saturated carbocycles. The van der Waals surface area contributed by atoms with Gasteiger partial charge >= 0.3 is 0 Å². The molecule has 0 amide bonds. The summed E-state index contributed by atoms with van der Waals surface area (Å²) in [6.45, 7) is 4.86. The van der Waals surface area contributed by atoms with E-state index < -0.39 is 11.0 Å². The molecular weight excluding hydrogens is 272 g/mol.